The molecule has 4 heteroatoms. The summed E-state index contributed by atoms with van der Waals surface area (Å²) in [7, 11) is 0. The third kappa shape index (κ3) is 2.57. The molecule has 0 aromatic carbocycles. The number of hydrogen-bond donors (Lipinski definition) is 2. The molecule has 4 nitrogen and oxygen atoms in total. The predicted octanol–water partition coefficient (Wildman–Crippen LogP) is -0.187. The molecule has 1 aliphatic heterocycles. The molecule has 0 aromatic heterocycles. The molecule has 0 aromatic rings. The van der Waals surface area contributed by atoms with E-state index in [1.807, 2.05) is 6.92 Å². The number of nitrogens with one attached hydrogen (secondary N) is 2. The molecule has 1 aliphatic rings. The smallest absolute Gasteiger partial charge is 0.225 e. The van der Waals surface area contributed by atoms with Crippen LogP contribution in [0.1, 0.15) is 13.3 Å². The second kappa shape index (κ2) is 4.07. The molecular weight excluding hydrogens is 168 g/mol. The maximum Gasteiger partial charge on any atom is 0.225 e. The molecule has 0 aliphatic carbocycles. The van der Waals surface area contributed by atoms with Crippen LogP contribution in [-0.4, -0.2) is 24.4 Å². The van der Waals surface area contributed by atoms with Gasteiger partial charge in [0.05, 0.1) is 5.92 Å². The van der Waals surface area contributed by atoms with Crippen LogP contribution in [0.4, 0.5) is 0 Å². The van der Waals surface area contributed by atoms with E-state index in [-0.39, 0.29) is 23.8 Å². The highest BCUT2D eigenvalue weighted by molar-refractivity contribution is 5.89. The SMILES string of the molecule is C=CC(C)NC(=O)C1CNC(=O)C1. The Bertz CT molecular complexity index is 238. The average Bonchev–Trinajstić information content (AvgIpc) is 2.51. The van der Waals surface area contributed by atoms with Gasteiger partial charge >= 0.3 is 0 Å². The fraction of sp³-hybridized carbons (Fsp3) is 0.556. The maximum absolute atomic E-state index is 11.4. The molecule has 1 fully saturated rings. The van der Waals surface area contributed by atoms with Gasteiger partial charge in [0, 0.05) is 19.0 Å². The van der Waals surface area contributed by atoms with Crippen LogP contribution in [0.15, 0.2) is 12.7 Å². The lowest BCUT2D eigenvalue weighted by Crippen LogP contribution is -2.36. The van der Waals surface area contributed by atoms with E-state index in [0.29, 0.717) is 13.0 Å². The number of rotatable bonds is 3. The highest BCUT2D eigenvalue weighted by atomic mass is 16.2. The lowest BCUT2D eigenvalue weighted by Gasteiger charge is -2.12. The van der Waals surface area contributed by atoms with Gasteiger partial charge in [0.1, 0.15) is 0 Å². The average molecular weight is 182 g/mol. The molecular formula is C9H14N2O2. The van der Waals surface area contributed by atoms with Crippen molar-refractivity contribution in [2.75, 3.05) is 6.54 Å². The van der Waals surface area contributed by atoms with Crippen LogP contribution in [0, 0.1) is 5.92 Å². The van der Waals surface area contributed by atoms with Gasteiger partial charge in [-0.2, -0.15) is 0 Å². The van der Waals surface area contributed by atoms with E-state index in [1.54, 1.807) is 6.08 Å². The van der Waals surface area contributed by atoms with Crippen molar-refractivity contribution in [3.8, 4) is 0 Å². The second-order valence-electron chi connectivity index (χ2n) is 3.24. The summed E-state index contributed by atoms with van der Waals surface area (Å²) in [6, 6.07) is -0.0387. The molecule has 2 unspecified atom stereocenters. The fourth-order valence-electron chi connectivity index (χ4n) is 1.19. The lowest BCUT2D eigenvalue weighted by molar-refractivity contribution is -0.126. The molecule has 1 rings (SSSR count). The van der Waals surface area contributed by atoms with Crippen LogP contribution >= 0.6 is 0 Å². The van der Waals surface area contributed by atoms with Crippen molar-refractivity contribution < 1.29 is 9.59 Å². The van der Waals surface area contributed by atoms with E-state index in [2.05, 4.69) is 17.2 Å². The van der Waals surface area contributed by atoms with Crippen LogP contribution in [0.25, 0.3) is 0 Å². The minimum atomic E-state index is -0.213. The zero-order valence-electron chi connectivity index (χ0n) is 7.67. The molecule has 2 amide bonds. The largest absolute Gasteiger partial charge is 0.355 e. The number of carbonyl (C=O) groups is 2. The molecule has 2 N–H and O–H groups in total. The van der Waals surface area contributed by atoms with Crippen molar-refractivity contribution in [1.29, 1.82) is 0 Å². The van der Waals surface area contributed by atoms with Crippen molar-refractivity contribution >= 4 is 11.8 Å². The molecule has 0 radical (unpaired) electrons. The Balaban J connectivity index is 2.40. The van der Waals surface area contributed by atoms with Gasteiger partial charge in [-0.15, -0.1) is 6.58 Å². The first-order chi connectivity index (χ1) is 6.13. The van der Waals surface area contributed by atoms with Crippen molar-refractivity contribution in [3.05, 3.63) is 12.7 Å². The first-order valence-electron chi connectivity index (χ1n) is 4.33. The quantitative estimate of drug-likeness (QED) is 0.594. The maximum atomic E-state index is 11.4. The standard InChI is InChI=1S/C9H14N2O2/c1-3-6(2)11-9(13)7-4-8(12)10-5-7/h3,6-7H,1,4-5H2,2H3,(H,10,12)(H,11,13). The molecule has 0 saturated carbocycles. The fourth-order valence-corrected chi connectivity index (χ4v) is 1.19. The number of hydrogen-bond acceptors (Lipinski definition) is 2. The first kappa shape index (κ1) is 9.77. The molecule has 0 bridgehead atoms. The van der Waals surface area contributed by atoms with Gasteiger partial charge < -0.3 is 10.6 Å². The van der Waals surface area contributed by atoms with Crippen LogP contribution in [0.5, 0.6) is 0 Å². The molecule has 2 atom stereocenters. The first-order valence-corrected chi connectivity index (χ1v) is 4.33. The third-order valence-electron chi connectivity index (χ3n) is 2.07. The van der Waals surface area contributed by atoms with Crippen LogP contribution in [0.3, 0.4) is 0 Å². The highest BCUT2D eigenvalue weighted by Crippen LogP contribution is 2.08. The molecule has 1 heterocycles. The molecule has 0 spiro atoms. The monoisotopic (exact) mass is 182 g/mol. The van der Waals surface area contributed by atoms with Gasteiger partial charge in [0.2, 0.25) is 11.8 Å². The van der Waals surface area contributed by atoms with E-state index < -0.39 is 0 Å². The van der Waals surface area contributed by atoms with E-state index in [1.165, 1.54) is 0 Å². The normalized spacial score (nSPS) is 23.5. The zero-order chi connectivity index (χ0) is 9.84. The van der Waals surface area contributed by atoms with E-state index >= 15 is 0 Å². The highest BCUT2D eigenvalue weighted by Gasteiger charge is 2.27. The van der Waals surface area contributed by atoms with Crippen LogP contribution in [-0.2, 0) is 9.59 Å². The summed E-state index contributed by atoms with van der Waals surface area (Å²) in [4.78, 5) is 22.2. The van der Waals surface area contributed by atoms with Crippen molar-refractivity contribution in [3.63, 3.8) is 0 Å². The minimum Gasteiger partial charge on any atom is -0.355 e. The van der Waals surface area contributed by atoms with Gasteiger partial charge in [-0.25, -0.2) is 0 Å². The predicted molar refractivity (Wildman–Crippen MR) is 48.9 cm³/mol. The minimum absolute atomic E-state index is 0.0387. The van der Waals surface area contributed by atoms with E-state index in [9.17, 15) is 9.59 Å². The van der Waals surface area contributed by atoms with Gasteiger partial charge in [-0.3, -0.25) is 9.59 Å². The Morgan fingerprint density at radius 2 is 2.54 bits per heavy atom. The van der Waals surface area contributed by atoms with Crippen LogP contribution < -0.4 is 10.6 Å². The molecule has 1 saturated heterocycles. The Morgan fingerprint density at radius 3 is 3.00 bits per heavy atom. The summed E-state index contributed by atoms with van der Waals surface area (Å²) >= 11 is 0. The Kier molecular flexibility index (Phi) is 3.06. The third-order valence-corrected chi connectivity index (χ3v) is 2.07. The summed E-state index contributed by atoms with van der Waals surface area (Å²) in [5.41, 5.74) is 0. The lowest BCUT2D eigenvalue weighted by atomic mass is 10.1. The van der Waals surface area contributed by atoms with Crippen LogP contribution in [0.2, 0.25) is 0 Å². The van der Waals surface area contributed by atoms with E-state index in [4.69, 9.17) is 0 Å². The van der Waals surface area contributed by atoms with Crippen molar-refractivity contribution in [1.82, 2.24) is 10.6 Å². The Morgan fingerprint density at radius 1 is 1.85 bits per heavy atom. The molecule has 72 valence electrons. The van der Waals surface area contributed by atoms with Gasteiger partial charge in [-0.05, 0) is 6.92 Å². The number of amides is 2. The summed E-state index contributed by atoms with van der Waals surface area (Å²) < 4.78 is 0. The molecule has 13 heavy (non-hydrogen) atoms. The second-order valence-corrected chi connectivity index (χ2v) is 3.24. The van der Waals surface area contributed by atoms with Gasteiger partial charge in [0.25, 0.3) is 0 Å². The van der Waals surface area contributed by atoms with Crippen molar-refractivity contribution in [2.45, 2.75) is 19.4 Å². The summed E-state index contributed by atoms with van der Waals surface area (Å²) in [6.45, 7) is 5.85. The Hall–Kier alpha value is -1.32. The van der Waals surface area contributed by atoms with Gasteiger partial charge in [0.15, 0.2) is 0 Å². The van der Waals surface area contributed by atoms with Crippen molar-refractivity contribution in [2.24, 2.45) is 5.92 Å². The Labute approximate surface area is 77.4 Å². The van der Waals surface area contributed by atoms with E-state index in [0.717, 1.165) is 0 Å². The summed E-state index contributed by atoms with van der Waals surface area (Å²) in [5.74, 6) is -0.341. The number of carbonyl (C=O) groups excluding carboxylic acids is 2. The summed E-state index contributed by atoms with van der Waals surface area (Å²) in [6.07, 6.45) is 1.96. The van der Waals surface area contributed by atoms with Gasteiger partial charge in [-0.1, -0.05) is 6.08 Å². The zero-order valence-corrected chi connectivity index (χ0v) is 7.67. The topological polar surface area (TPSA) is 58.2 Å². The summed E-state index contributed by atoms with van der Waals surface area (Å²) in [5, 5.41) is 5.36.